The van der Waals surface area contributed by atoms with Crippen LogP contribution in [0.5, 0.6) is 0 Å². The maximum absolute atomic E-state index is 8.25. The number of para-hydroxylation sites is 12. The summed E-state index contributed by atoms with van der Waals surface area (Å²) in [5, 5.41) is 74.1. The number of hydrogen-bond acceptors (Lipinski definition) is 20. The standard InChI is InChI=1S/3C18H18N4.2C2H6O.2Co.4NO3/c3*1-2-8-14-13(7-1)19-17(20-14)11-5-6-12-18-21-15-9-3-4-10-16(15)22-18;2*1-2-3;;;4*2-1(3)4/h3*1-4,7-10H,5-6,11-12H2,(H,19,20)(H,21,22);2*3H,2H2,1H3;;;;;;/q;;;;;2*+2;4*-1. The van der Waals surface area contributed by atoms with Gasteiger partial charge in [0.05, 0.1) is 86.5 Å². The van der Waals surface area contributed by atoms with Crippen LogP contribution in [0.1, 0.15) is 87.3 Å². The quantitative estimate of drug-likeness (QED) is 0.0268. The van der Waals surface area contributed by atoms with Gasteiger partial charge in [0.25, 0.3) is 0 Å². The van der Waals surface area contributed by atoms with E-state index in [1.807, 2.05) is 109 Å². The molecule has 32 heteroatoms. The number of imidazole rings is 6. The Labute approximate surface area is 533 Å². The van der Waals surface area contributed by atoms with Crippen molar-refractivity contribution in [3.63, 3.8) is 0 Å². The molecule has 6 aromatic carbocycles. The summed E-state index contributed by atoms with van der Waals surface area (Å²) in [7, 11) is 0. The van der Waals surface area contributed by atoms with Gasteiger partial charge in [0.1, 0.15) is 34.9 Å². The van der Waals surface area contributed by atoms with Crippen LogP contribution in [0, 0.1) is 61.3 Å². The number of aromatic nitrogens is 12. The Balaban J connectivity index is 0.000000391. The zero-order valence-electron chi connectivity index (χ0n) is 48.7. The van der Waals surface area contributed by atoms with Crippen molar-refractivity contribution in [3.8, 4) is 0 Å². The van der Waals surface area contributed by atoms with Crippen molar-refractivity contribution in [2.45, 2.75) is 90.9 Å². The van der Waals surface area contributed by atoms with Gasteiger partial charge in [-0.1, -0.05) is 72.8 Å². The van der Waals surface area contributed by atoms with Crippen LogP contribution in [0.3, 0.4) is 0 Å². The van der Waals surface area contributed by atoms with E-state index in [1.54, 1.807) is 13.8 Å². The van der Waals surface area contributed by atoms with Crippen molar-refractivity contribution >= 4 is 66.2 Å². The molecule has 12 aromatic rings. The smallest absolute Gasteiger partial charge is 0.397 e. The van der Waals surface area contributed by atoms with Crippen LogP contribution in [-0.2, 0) is 72.1 Å². The Kier molecular flexibility index (Phi) is 36.0. The maximum atomic E-state index is 8.25. The molecule has 0 spiro atoms. The first-order valence-electron chi connectivity index (χ1n) is 27.5. The van der Waals surface area contributed by atoms with Crippen molar-refractivity contribution in [1.29, 1.82) is 0 Å². The van der Waals surface area contributed by atoms with Crippen LogP contribution in [-0.4, -0.2) is 104 Å². The number of H-pyrrole nitrogens is 6. The third-order valence-corrected chi connectivity index (χ3v) is 11.9. The van der Waals surface area contributed by atoms with E-state index in [1.165, 1.54) is 0 Å². The van der Waals surface area contributed by atoms with E-state index in [-0.39, 0.29) is 46.8 Å². The summed E-state index contributed by atoms with van der Waals surface area (Å²) in [5.41, 5.74) is 13.0. The summed E-state index contributed by atoms with van der Waals surface area (Å²) in [6, 6.07) is 49.0. The fraction of sp³-hybridized carbons (Fsp3) is 0.276. The fourth-order valence-electron chi connectivity index (χ4n) is 8.50. The predicted octanol–water partition coefficient (Wildman–Crippen LogP) is 11.0. The van der Waals surface area contributed by atoms with Gasteiger partial charge in [0.15, 0.2) is 0 Å². The second-order valence-corrected chi connectivity index (χ2v) is 18.4. The van der Waals surface area contributed by atoms with E-state index in [4.69, 9.17) is 71.5 Å². The molecule has 480 valence electrons. The van der Waals surface area contributed by atoms with Crippen LogP contribution >= 0.6 is 0 Å². The van der Waals surface area contributed by atoms with Gasteiger partial charge >= 0.3 is 33.6 Å². The van der Waals surface area contributed by atoms with E-state index in [0.717, 1.165) is 178 Å². The minimum Gasteiger partial charge on any atom is -0.397 e. The van der Waals surface area contributed by atoms with Gasteiger partial charge < -0.3 is 101 Å². The summed E-state index contributed by atoms with van der Waals surface area (Å²) in [6.07, 6.45) is 12.5. The number of nitrogens with one attached hydrogen (secondary N) is 6. The molecule has 6 heterocycles. The Morgan fingerprint density at radius 2 is 0.400 bits per heavy atom. The molecule has 90 heavy (non-hydrogen) atoms. The molecule has 0 aliphatic rings. The second kappa shape index (κ2) is 42.7. The van der Waals surface area contributed by atoms with Crippen molar-refractivity contribution < 1.29 is 64.1 Å². The molecule has 0 aliphatic carbocycles. The summed E-state index contributed by atoms with van der Waals surface area (Å²) in [6.45, 7) is 3.86. The number of hydrogen-bond donors (Lipinski definition) is 8. The Morgan fingerprint density at radius 1 is 0.289 bits per heavy atom. The van der Waals surface area contributed by atoms with E-state index in [9.17, 15) is 0 Å². The van der Waals surface area contributed by atoms with E-state index in [0.29, 0.717) is 0 Å². The minimum absolute atomic E-state index is 0. The molecule has 0 atom stereocenters. The van der Waals surface area contributed by atoms with Crippen LogP contribution in [0.4, 0.5) is 0 Å². The number of rotatable bonds is 15. The van der Waals surface area contributed by atoms with Crippen molar-refractivity contribution in [3.05, 3.63) is 242 Å². The molecule has 0 saturated carbocycles. The number of unbranched alkanes of at least 4 members (excludes halogenated alkanes) is 3. The van der Waals surface area contributed by atoms with Gasteiger partial charge in [0.2, 0.25) is 0 Å². The molecular weight excluding hydrogens is 1260 g/mol. The normalized spacial score (nSPS) is 9.87. The molecule has 0 bridgehead atoms. The molecule has 0 aliphatic heterocycles. The zero-order chi connectivity index (χ0) is 64.1. The Bertz CT molecular complexity index is 3130. The topological polar surface area (TPSA) is 477 Å². The van der Waals surface area contributed by atoms with Crippen LogP contribution in [0.25, 0.3) is 66.2 Å². The third-order valence-electron chi connectivity index (χ3n) is 11.9. The van der Waals surface area contributed by atoms with Crippen molar-refractivity contribution in [2.24, 2.45) is 0 Å². The monoisotopic (exact) mass is 1330 g/mol. The number of nitrogens with zero attached hydrogens (tertiary/aromatic N) is 10. The van der Waals surface area contributed by atoms with Crippen LogP contribution < -0.4 is 0 Å². The number of aliphatic hydroxyl groups is 2. The summed E-state index contributed by atoms with van der Waals surface area (Å²) >= 11 is 0. The number of benzene rings is 6. The minimum atomic E-state index is -1.75. The van der Waals surface area contributed by atoms with Gasteiger partial charge in [-0.2, -0.15) is 0 Å². The summed E-state index contributed by atoms with van der Waals surface area (Å²) in [4.78, 5) is 81.0. The molecule has 0 amide bonds. The van der Waals surface area contributed by atoms with Gasteiger partial charge in [-0.25, -0.2) is 29.9 Å². The average Bonchev–Trinajstić information content (AvgIpc) is 2.68. The number of fused-ring (bicyclic) bond motifs is 6. The zero-order valence-corrected chi connectivity index (χ0v) is 50.8. The molecule has 2 radical (unpaired) electrons. The van der Waals surface area contributed by atoms with Gasteiger partial charge in [-0.15, -0.1) is 0 Å². The molecule has 30 nitrogen and oxygen atoms in total. The fourth-order valence-corrected chi connectivity index (χ4v) is 8.50. The number of aromatic amines is 6. The van der Waals surface area contributed by atoms with Crippen LogP contribution in [0.15, 0.2) is 146 Å². The first-order valence-corrected chi connectivity index (χ1v) is 27.5. The molecule has 12 rings (SSSR count). The third kappa shape index (κ3) is 29.5. The molecule has 8 N–H and O–H groups in total. The number of aliphatic hydroxyl groups excluding tert-OH is 2. The van der Waals surface area contributed by atoms with E-state index < -0.39 is 20.3 Å². The first-order chi connectivity index (χ1) is 42.4. The van der Waals surface area contributed by atoms with Crippen molar-refractivity contribution in [2.75, 3.05) is 13.2 Å². The maximum Gasteiger partial charge on any atom is 2.00 e. The number of aryl methyl sites for hydroxylation is 6. The molecular formula is C58H66Co2N16O14. The average molecular weight is 1330 g/mol. The largest absolute Gasteiger partial charge is 2.00 e. The van der Waals surface area contributed by atoms with E-state index >= 15 is 0 Å². The molecule has 0 fully saturated rings. The van der Waals surface area contributed by atoms with Gasteiger partial charge in [0, 0.05) is 51.7 Å². The molecule has 6 aromatic heterocycles. The first kappa shape index (κ1) is 76.0. The van der Waals surface area contributed by atoms with E-state index in [2.05, 4.69) is 96.2 Å². The molecule has 0 saturated heterocycles. The van der Waals surface area contributed by atoms with Gasteiger partial charge in [-0.05, 0) is 125 Å². The SMILES string of the molecule is CCO.CCO.O=[N+]([O-])[O-].O=[N+]([O-])[O-].O=[N+]([O-])[O-].O=[N+]([O-])[O-].[Co+2].[Co+2].c1ccc2[nH]c(CCCCc3nc4ccccc4[nH]3)nc2c1.c1ccc2[nH]c(CCCCc3nc4ccccc4[nH]3)nc2c1.c1ccc2[nH]c(CCCCc3nc4ccccc4[nH]3)nc2c1. The Morgan fingerprint density at radius 3 is 0.511 bits per heavy atom. The molecule has 0 unspecified atom stereocenters. The van der Waals surface area contributed by atoms with Crippen LogP contribution in [0.2, 0.25) is 0 Å². The predicted molar refractivity (Wildman–Crippen MR) is 333 cm³/mol. The second-order valence-electron chi connectivity index (χ2n) is 18.4. The van der Waals surface area contributed by atoms with Crippen molar-refractivity contribution in [1.82, 2.24) is 59.8 Å². The summed E-state index contributed by atoms with van der Waals surface area (Å²) in [5.74, 6) is 6.45. The Hall–Kier alpha value is -10.1. The summed E-state index contributed by atoms with van der Waals surface area (Å²) < 4.78 is 0. The van der Waals surface area contributed by atoms with Gasteiger partial charge in [-0.3, -0.25) is 0 Å².